The van der Waals surface area contributed by atoms with Crippen molar-refractivity contribution < 1.29 is 9.53 Å². The van der Waals surface area contributed by atoms with Gasteiger partial charge in [0, 0.05) is 37.6 Å². The molecule has 4 rings (SSSR count). The van der Waals surface area contributed by atoms with Crippen LogP contribution in [0.15, 0.2) is 42.5 Å². The number of urea groups is 1. The molecule has 2 aromatic carbocycles. The topological polar surface area (TPSA) is 48.1 Å². The quantitative estimate of drug-likeness (QED) is 0.677. The van der Waals surface area contributed by atoms with Crippen LogP contribution in [0.25, 0.3) is 0 Å². The summed E-state index contributed by atoms with van der Waals surface area (Å²) >= 11 is 0. The summed E-state index contributed by atoms with van der Waals surface area (Å²) in [6.07, 6.45) is 3.47. The van der Waals surface area contributed by atoms with Crippen LogP contribution < -0.4 is 15.0 Å². The highest BCUT2D eigenvalue weighted by atomic mass is 16.5. The molecule has 0 aliphatic carbocycles. The molecule has 1 N–H and O–H groups in total. The van der Waals surface area contributed by atoms with Gasteiger partial charge in [0.1, 0.15) is 5.75 Å². The highest BCUT2D eigenvalue weighted by Gasteiger charge is 2.25. The molecule has 2 amide bonds. The van der Waals surface area contributed by atoms with Crippen LogP contribution in [0.3, 0.4) is 0 Å². The van der Waals surface area contributed by atoms with Gasteiger partial charge in [-0.15, -0.1) is 0 Å². The number of carbonyl (C=O) groups excluding carboxylic acids is 1. The van der Waals surface area contributed by atoms with Crippen molar-refractivity contribution in [3.8, 4) is 5.75 Å². The second kappa shape index (κ2) is 10.9. The van der Waals surface area contributed by atoms with E-state index in [2.05, 4.69) is 59.3 Å². The van der Waals surface area contributed by atoms with E-state index in [4.69, 9.17) is 4.74 Å². The Labute approximate surface area is 198 Å². The number of anilines is 2. The lowest BCUT2D eigenvalue weighted by atomic mass is 9.88. The Morgan fingerprint density at radius 3 is 2.42 bits per heavy atom. The molecule has 0 unspecified atom stereocenters. The van der Waals surface area contributed by atoms with Gasteiger partial charge >= 0.3 is 6.03 Å². The van der Waals surface area contributed by atoms with Crippen molar-refractivity contribution in [2.75, 3.05) is 63.1 Å². The molecule has 0 spiro atoms. The molecular weight excluding hydrogens is 412 g/mol. The van der Waals surface area contributed by atoms with E-state index in [0.717, 1.165) is 63.5 Å². The van der Waals surface area contributed by atoms with Crippen molar-refractivity contribution in [2.45, 2.75) is 39.0 Å². The number of para-hydroxylation sites is 1. The van der Waals surface area contributed by atoms with E-state index in [1.165, 1.54) is 29.8 Å². The van der Waals surface area contributed by atoms with Gasteiger partial charge in [-0.05, 0) is 87.1 Å². The Balaban J connectivity index is 1.36. The maximum atomic E-state index is 13.0. The van der Waals surface area contributed by atoms with Gasteiger partial charge < -0.3 is 24.8 Å². The van der Waals surface area contributed by atoms with Gasteiger partial charge in [-0.1, -0.05) is 25.1 Å². The van der Waals surface area contributed by atoms with Crippen molar-refractivity contribution in [1.82, 2.24) is 9.80 Å². The number of hydrogen-bond acceptors (Lipinski definition) is 4. The molecule has 2 fully saturated rings. The lowest BCUT2D eigenvalue weighted by Gasteiger charge is -2.36. The minimum absolute atomic E-state index is 0.0201. The number of benzene rings is 2. The summed E-state index contributed by atoms with van der Waals surface area (Å²) in [5.41, 5.74) is 4.62. The molecule has 2 aliphatic rings. The normalized spacial score (nSPS) is 17.8. The van der Waals surface area contributed by atoms with Crippen molar-refractivity contribution in [3.05, 3.63) is 53.6 Å². The van der Waals surface area contributed by atoms with Crippen LogP contribution >= 0.6 is 0 Å². The average Bonchev–Trinajstić information content (AvgIpc) is 2.85. The molecule has 0 bridgehead atoms. The Hall–Kier alpha value is -2.73. The lowest BCUT2D eigenvalue weighted by Crippen LogP contribution is -2.50. The van der Waals surface area contributed by atoms with Crippen LogP contribution in [-0.2, 0) is 0 Å². The van der Waals surface area contributed by atoms with Crippen LogP contribution in [0.5, 0.6) is 5.75 Å². The minimum atomic E-state index is -0.0201. The van der Waals surface area contributed by atoms with E-state index in [1.54, 1.807) is 7.11 Å². The van der Waals surface area contributed by atoms with Crippen molar-refractivity contribution in [2.24, 2.45) is 0 Å². The average molecular weight is 451 g/mol. The Bertz CT molecular complexity index is 931. The molecule has 2 aromatic rings. The SMILES string of the molecule is CCCN1CCC(c2cc(NC(=O)N3CCN(c4ccccc4C)CC3)ccc2OC)CC1. The smallest absolute Gasteiger partial charge is 0.321 e. The van der Waals surface area contributed by atoms with Gasteiger partial charge in [-0.25, -0.2) is 4.79 Å². The Morgan fingerprint density at radius 2 is 1.76 bits per heavy atom. The number of piperidine rings is 1. The first-order valence-corrected chi connectivity index (χ1v) is 12.4. The first-order valence-electron chi connectivity index (χ1n) is 12.4. The van der Waals surface area contributed by atoms with Gasteiger partial charge in [0.2, 0.25) is 0 Å². The van der Waals surface area contributed by atoms with E-state index in [1.807, 2.05) is 17.0 Å². The van der Waals surface area contributed by atoms with E-state index >= 15 is 0 Å². The molecule has 178 valence electrons. The summed E-state index contributed by atoms with van der Waals surface area (Å²) in [6.45, 7) is 11.0. The number of hydrogen-bond donors (Lipinski definition) is 1. The number of amides is 2. The Kier molecular flexibility index (Phi) is 7.76. The van der Waals surface area contributed by atoms with Crippen LogP contribution in [0.1, 0.15) is 43.2 Å². The molecule has 2 heterocycles. The number of aryl methyl sites for hydroxylation is 1. The first kappa shape index (κ1) is 23.4. The first-order chi connectivity index (χ1) is 16.1. The number of piperazine rings is 1. The predicted molar refractivity (Wildman–Crippen MR) is 136 cm³/mol. The molecule has 2 saturated heterocycles. The number of likely N-dealkylation sites (tertiary alicyclic amines) is 1. The lowest BCUT2D eigenvalue weighted by molar-refractivity contribution is 0.208. The summed E-state index contributed by atoms with van der Waals surface area (Å²) < 4.78 is 5.67. The molecule has 6 heteroatoms. The fraction of sp³-hybridized carbons (Fsp3) is 0.519. The van der Waals surface area contributed by atoms with Crippen LogP contribution in [0.4, 0.5) is 16.2 Å². The third-order valence-electron chi connectivity index (χ3n) is 7.07. The number of nitrogens with zero attached hydrogens (tertiary/aromatic N) is 3. The van der Waals surface area contributed by atoms with E-state index in [-0.39, 0.29) is 6.03 Å². The van der Waals surface area contributed by atoms with E-state index in [0.29, 0.717) is 5.92 Å². The monoisotopic (exact) mass is 450 g/mol. The van der Waals surface area contributed by atoms with Gasteiger partial charge in [0.15, 0.2) is 0 Å². The molecule has 0 radical (unpaired) electrons. The predicted octanol–water partition coefficient (Wildman–Crippen LogP) is 4.95. The fourth-order valence-corrected chi connectivity index (χ4v) is 5.19. The molecule has 0 saturated carbocycles. The van der Waals surface area contributed by atoms with Crippen LogP contribution in [-0.4, -0.2) is 68.8 Å². The zero-order valence-electron chi connectivity index (χ0n) is 20.3. The van der Waals surface area contributed by atoms with Crippen molar-refractivity contribution in [3.63, 3.8) is 0 Å². The highest BCUT2D eigenvalue weighted by Crippen LogP contribution is 2.36. The van der Waals surface area contributed by atoms with Crippen LogP contribution in [0, 0.1) is 6.92 Å². The summed E-state index contributed by atoms with van der Waals surface area (Å²) in [5, 5.41) is 3.14. The molecule has 2 aliphatic heterocycles. The molecule has 33 heavy (non-hydrogen) atoms. The summed E-state index contributed by atoms with van der Waals surface area (Å²) in [4.78, 5) is 19.8. The number of carbonyl (C=O) groups is 1. The third-order valence-corrected chi connectivity index (χ3v) is 7.07. The standard InChI is InChI=1S/C27H38N4O2/c1-4-13-29-14-11-22(12-15-29)24-20-23(9-10-26(24)33-3)28-27(32)31-18-16-30(17-19-31)25-8-6-5-7-21(25)2/h5-10,20,22H,4,11-19H2,1-3H3,(H,28,32). The zero-order chi connectivity index (χ0) is 23.2. The van der Waals surface area contributed by atoms with Crippen molar-refractivity contribution >= 4 is 17.4 Å². The van der Waals surface area contributed by atoms with Crippen LogP contribution in [0.2, 0.25) is 0 Å². The largest absolute Gasteiger partial charge is 0.496 e. The zero-order valence-corrected chi connectivity index (χ0v) is 20.3. The molecule has 0 aromatic heterocycles. The van der Waals surface area contributed by atoms with E-state index in [9.17, 15) is 4.79 Å². The van der Waals surface area contributed by atoms with Gasteiger partial charge in [-0.2, -0.15) is 0 Å². The Morgan fingerprint density at radius 1 is 1.03 bits per heavy atom. The highest BCUT2D eigenvalue weighted by molar-refractivity contribution is 5.89. The van der Waals surface area contributed by atoms with Crippen molar-refractivity contribution in [1.29, 1.82) is 0 Å². The second-order valence-electron chi connectivity index (χ2n) is 9.26. The second-order valence-corrected chi connectivity index (χ2v) is 9.26. The van der Waals surface area contributed by atoms with Gasteiger partial charge in [-0.3, -0.25) is 0 Å². The summed E-state index contributed by atoms with van der Waals surface area (Å²) in [7, 11) is 1.73. The van der Waals surface area contributed by atoms with E-state index < -0.39 is 0 Å². The summed E-state index contributed by atoms with van der Waals surface area (Å²) in [5.74, 6) is 1.40. The van der Waals surface area contributed by atoms with Gasteiger partial charge in [0.25, 0.3) is 0 Å². The molecular formula is C27H38N4O2. The van der Waals surface area contributed by atoms with Gasteiger partial charge in [0.05, 0.1) is 7.11 Å². The maximum absolute atomic E-state index is 13.0. The number of nitrogens with one attached hydrogen (secondary N) is 1. The summed E-state index contributed by atoms with van der Waals surface area (Å²) in [6, 6.07) is 14.5. The number of methoxy groups -OCH3 is 1. The third kappa shape index (κ3) is 5.61. The number of rotatable bonds is 6. The minimum Gasteiger partial charge on any atom is -0.496 e. The number of ether oxygens (including phenoxy) is 1. The fourth-order valence-electron chi connectivity index (χ4n) is 5.19. The molecule has 6 nitrogen and oxygen atoms in total. The maximum Gasteiger partial charge on any atom is 0.321 e. The molecule has 0 atom stereocenters.